The van der Waals surface area contributed by atoms with Crippen LogP contribution in [0.1, 0.15) is 15.9 Å². The highest BCUT2D eigenvalue weighted by Gasteiger charge is 2.09. The summed E-state index contributed by atoms with van der Waals surface area (Å²) in [6.45, 7) is 0.354. The Morgan fingerprint density at radius 1 is 1.25 bits per heavy atom. The normalized spacial score (nSPS) is 10.3. The predicted octanol–water partition coefficient (Wildman–Crippen LogP) is 2.71. The molecule has 0 radical (unpaired) electrons. The second kappa shape index (κ2) is 6.10. The number of carbonyl (C=O) groups is 1. The lowest BCUT2D eigenvalue weighted by Crippen LogP contribution is -2.10. The van der Waals surface area contributed by atoms with Gasteiger partial charge in [0.25, 0.3) is 0 Å². The number of rotatable bonds is 5. The van der Waals surface area contributed by atoms with E-state index in [4.69, 9.17) is 5.11 Å². The Hall–Kier alpha value is -2.50. The van der Waals surface area contributed by atoms with E-state index >= 15 is 0 Å². The lowest BCUT2D eigenvalue weighted by atomic mass is 10.1. The molecule has 0 aliphatic heterocycles. The maximum Gasteiger partial charge on any atom is 0.339 e. The second-order valence-electron chi connectivity index (χ2n) is 4.18. The summed E-state index contributed by atoms with van der Waals surface area (Å²) in [5.74, 6) is -2.34. The first kappa shape index (κ1) is 13.9. The van der Waals surface area contributed by atoms with Gasteiger partial charge in [-0.1, -0.05) is 0 Å². The number of pyridine rings is 1. The summed E-state index contributed by atoms with van der Waals surface area (Å²) in [4.78, 5) is 14.7. The van der Waals surface area contributed by atoms with Gasteiger partial charge in [0, 0.05) is 25.0 Å². The Bertz CT molecular complexity index is 612. The van der Waals surface area contributed by atoms with Crippen molar-refractivity contribution >= 4 is 11.7 Å². The summed E-state index contributed by atoms with van der Waals surface area (Å²) in [5, 5.41) is 11.9. The highest BCUT2D eigenvalue weighted by atomic mass is 19.1. The summed E-state index contributed by atoms with van der Waals surface area (Å²) in [6.07, 6.45) is 3.08. The molecule has 0 aliphatic carbocycles. The molecule has 0 fully saturated rings. The molecule has 1 heterocycles. The maximum absolute atomic E-state index is 13.0. The van der Waals surface area contributed by atoms with E-state index in [2.05, 4.69) is 10.3 Å². The number of nitrogens with one attached hydrogen (secondary N) is 1. The van der Waals surface area contributed by atoms with Crippen LogP contribution in [-0.4, -0.2) is 22.6 Å². The molecule has 2 aromatic rings. The van der Waals surface area contributed by atoms with E-state index in [1.807, 2.05) is 0 Å². The summed E-state index contributed by atoms with van der Waals surface area (Å²) < 4.78 is 26.0. The molecular weight excluding hydrogens is 266 g/mol. The average molecular weight is 278 g/mol. The third-order valence-corrected chi connectivity index (χ3v) is 2.70. The van der Waals surface area contributed by atoms with Crippen LogP contribution in [0.4, 0.5) is 14.5 Å². The van der Waals surface area contributed by atoms with E-state index in [1.165, 1.54) is 30.6 Å². The fraction of sp³-hybridized carbons (Fsp3) is 0.143. The van der Waals surface area contributed by atoms with Crippen LogP contribution in [0.3, 0.4) is 0 Å². The van der Waals surface area contributed by atoms with E-state index in [1.54, 1.807) is 0 Å². The maximum atomic E-state index is 13.0. The van der Waals surface area contributed by atoms with Crippen LogP contribution < -0.4 is 5.32 Å². The Balaban J connectivity index is 2.01. The quantitative estimate of drug-likeness (QED) is 0.882. The standard InChI is InChI=1S/C14H12F2N2O2/c15-10-5-9(6-11(16)7-10)1-4-18-13-2-3-17-8-12(13)14(19)20/h2-3,5-8H,1,4H2,(H,17,18)(H,19,20). The van der Waals surface area contributed by atoms with Crippen LogP contribution in [0.15, 0.2) is 36.7 Å². The molecule has 20 heavy (non-hydrogen) atoms. The van der Waals surface area contributed by atoms with Gasteiger partial charge in [0.1, 0.15) is 17.2 Å². The van der Waals surface area contributed by atoms with Crippen molar-refractivity contribution in [1.82, 2.24) is 4.98 Å². The summed E-state index contributed by atoms with van der Waals surface area (Å²) in [7, 11) is 0. The van der Waals surface area contributed by atoms with E-state index < -0.39 is 17.6 Å². The largest absolute Gasteiger partial charge is 0.478 e. The number of carboxylic acid groups (broad SMARTS) is 1. The molecule has 0 aliphatic rings. The van der Waals surface area contributed by atoms with Gasteiger partial charge in [-0.05, 0) is 30.2 Å². The van der Waals surface area contributed by atoms with Crippen molar-refractivity contribution in [3.8, 4) is 0 Å². The first-order chi connectivity index (χ1) is 9.56. The molecule has 0 saturated heterocycles. The monoisotopic (exact) mass is 278 g/mol. The SMILES string of the molecule is O=C(O)c1cnccc1NCCc1cc(F)cc(F)c1. The molecule has 1 aromatic heterocycles. The fourth-order valence-corrected chi connectivity index (χ4v) is 1.82. The Kier molecular flexibility index (Phi) is 4.24. The molecule has 4 nitrogen and oxygen atoms in total. The molecule has 0 spiro atoms. The van der Waals surface area contributed by atoms with E-state index in [0.29, 0.717) is 24.2 Å². The van der Waals surface area contributed by atoms with Gasteiger partial charge in [-0.2, -0.15) is 0 Å². The van der Waals surface area contributed by atoms with Gasteiger partial charge in [-0.25, -0.2) is 13.6 Å². The smallest absolute Gasteiger partial charge is 0.339 e. The summed E-state index contributed by atoms with van der Waals surface area (Å²) >= 11 is 0. The van der Waals surface area contributed by atoms with Crippen molar-refractivity contribution in [3.63, 3.8) is 0 Å². The molecule has 0 atom stereocenters. The number of nitrogens with zero attached hydrogens (tertiary/aromatic N) is 1. The number of aromatic carboxylic acids is 1. The summed E-state index contributed by atoms with van der Waals surface area (Å²) in [6, 6.07) is 4.84. The third kappa shape index (κ3) is 3.50. The lowest BCUT2D eigenvalue weighted by Gasteiger charge is -2.09. The molecule has 2 rings (SSSR count). The number of halogens is 2. The molecule has 2 N–H and O–H groups in total. The van der Waals surface area contributed by atoms with Crippen LogP contribution in [-0.2, 0) is 6.42 Å². The number of benzene rings is 1. The van der Waals surface area contributed by atoms with Gasteiger partial charge in [0.15, 0.2) is 0 Å². The van der Waals surface area contributed by atoms with E-state index in [9.17, 15) is 13.6 Å². The first-order valence-electron chi connectivity index (χ1n) is 5.92. The Morgan fingerprint density at radius 2 is 1.95 bits per heavy atom. The van der Waals surface area contributed by atoms with Gasteiger partial charge in [-0.15, -0.1) is 0 Å². The van der Waals surface area contributed by atoms with Crippen molar-refractivity contribution < 1.29 is 18.7 Å². The minimum atomic E-state index is -1.09. The summed E-state index contributed by atoms with van der Waals surface area (Å²) in [5.41, 5.74) is 0.975. The second-order valence-corrected chi connectivity index (χ2v) is 4.18. The minimum absolute atomic E-state index is 0.0536. The highest BCUT2D eigenvalue weighted by molar-refractivity contribution is 5.93. The predicted molar refractivity (Wildman–Crippen MR) is 69.7 cm³/mol. The van der Waals surface area contributed by atoms with Gasteiger partial charge < -0.3 is 10.4 Å². The first-order valence-corrected chi connectivity index (χ1v) is 5.92. The Labute approximate surface area is 114 Å². The number of aromatic nitrogens is 1. The highest BCUT2D eigenvalue weighted by Crippen LogP contribution is 2.14. The van der Waals surface area contributed by atoms with Crippen molar-refractivity contribution in [2.75, 3.05) is 11.9 Å². The number of anilines is 1. The van der Waals surface area contributed by atoms with Gasteiger partial charge in [0.05, 0.1) is 5.69 Å². The van der Waals surface area contributed by atoms with Crippen LogP contribution >= 0.6 is 0 Å². The van der Waals surface area contributed by atoms with Crippen molar-refractivity contribution in [2.24, 2.45) is 0 Å². The van der Waals surface area contributed by atoms with Crippen LogP contribution in [0.25, 0.3) is 0 Å². The Morgan fingerprint density at radius 3 is 2.60 bits per heavy atom. The number of hydrogen-bond donors (Lipinski definition) is 2. The van der Waals surface area contributed by atoms with E-state index in [0.717, 1.165) is 6.07 Å². The molecular formula is C14H12F2N2O2. The van der Waals surface area contributed by atoms with Crippen LogP contribution in [0.5, 0.6) is 0 Å². The molecule has 104 valence electrons. The minimum Gasteiger partial charge on any atom is -0.478 e. The zero-order valence-corrected chi connectivity index (χ0v) is 10.4. The van der Waals surface area contributed by atoms with Crippen LogP contribution in [0.2, 0.25) is 0 Å². The molecule has 0 bridgehead atoms. The molecule has 6 heteroatoms. The average Bonchev–Trinajstić information content (AvgIpc) is 2.38. The third-order valence-electron chi connectivity index (χ3n) is 2.70. The molecule has 0 unspecified atom stereocenters. The zero-order valence-electron chi connectivity index (χ0n) is 10.4. The topological polar surface area (TPSA) is 62.2 Å². The zero-order chi connectivity index (χ0) is 14.5. The van der Waals surface area contributed by atoms with Crippen molar-refractivity contribution in [1.29, 1.82) is 0 Å². The van der Waals surface area contributed by atoms with E-state index in [-0.39, 0.29) is 5.56 Å². The van der Waals surface area contributed by atoms with Crippen molar-refractivity contribution in [2.45, 2.75) is 6.42 Å². The van der Waals surface area contributed by atoms with Gasteiger partial charge in [-0.3, -0.25) is 4.98 Å². The van der Waals surface area contributed by atoms with Gasteiger partial charge >= 0.3 is 5.97 Å². The number of hydrogen-bond acceptors (Lipinski definition) is 3. The lowest BCUT2D eigenvalue weighted by molar-refractivity contribution is 0.0697. The number of carboxylic acids is 1. The van der Waals surface area contributed by atoms with Crippen LogP contribution in [0, 0.1) is 11.6 Å². The molecule has 0 amide bonds. The molecule has 1 aromatic carbocycles. The molecule has 0 saturated carbocycles. The fourth-order valence-electron chi connectivity index (χ4n) is 1.82. The van der Waals surface area contributed by atoms with Gasteiger partial charge in [0.2, 0.25) is 0 Å². The van der Waals surface area contributed by atoms with Crippen molar-refractivity contribution in [3.05, 3.63) is 59.4 Å².